The van der Waals surface area contributed by atoms with Gasteiger partial charge in [-0.25, -0.2) is 0 Å². The van der Waals surface area contributed by atoms with E-state index in [0.717, 1.165) is 25.7 Å². The minimum absolute atomic E-state index is 0.0515. The minimum Gasteiger partial charge on any atom is -0.404 e. The van der Waals surface area contributed by atoms with Crippen LogP contribution in [0.25, 0.3) is 0 Å². The van der Waals surface area contributed by atoms with Crippen molar-refractivity contribution in [2.45, 2.75) is 44.9 Å². The van der Waals surface area contributed by atoms with Crippen LogP contribution in [0.3, 0.4) is 0 Å². The molecule has 0 spiro atoms. The standard InChI is InChI=1S/C15H18F3NO2/c16-15(17,18)21-13-9-5-4-8-12(13)19-14(20)10-11-6-2-1-3-7-11/h4-5,8-9,11H,1-3,6-7,10H2,(H,19,20). The predicted octanol–water partition coefficient (Wildman–Crippen LogP) is 4.49. The average molecular weight is 301 g/mol. The molecule has 1 saturated carbocycles. The Hall–Kier alpha value is -1.72. The number of nitrogens with one attached hydrogen (secondary N) is 1. The van der Waals surface area contributed by atoms with Gasteiger partial charge in [0.05, 0.1) is 5.69 Å². The van der Waals surface area contributed by atoms with Crippen molar-refractivity contribution in [1.29, 1.82) is 0 Å². The number of anilines is 1. The number of rotatable bonds is 4. The molecule has 1 aromatic carbocycles. The zero-order chi connectivity index (χ0) is 15.3. The van der Waals surface area contributed by atoms with Crippen LogP contribution in [0, 0.1) is 5.92 Å². The highest BCUT2D eigenvalue weighted by molar-refractivity contribution is 5.92. The van der Waals surface area contributed by atoms with E-state index in [4.69, 9.17) is 0 Å². The number of ether oxygens (including phenoxy) is 1. The number of carbonyl (C=O) groups is 1. The van der Waals surface area contributed by atoms with Crippen LogP contribution in [0.1, 0.15) is 38.5 Å². The minimum atomic E-state index is -4.77. The Morgan fingerprint density at radius 3 is 2.52 bits per heavy atom. The van der Waals surface area contributed by atoms with E-state index in [-0.39, 0.29) is 17.3 Å². The first-order chi connectivity index (χ1) is 9.94. The molecule has 1 aliphatic carbocycles. The van der Waals surface area contributed by atoms with Gasteiger partial charge in [-0.15, -0.1) is 13.2 Å². The van der Waals surface area contributed by atoms with E-state index in [0.29, 0.717) is 12.3 Å². The van der Waals surface area contributed by atoms with E-state index in [1.54, 1.807) is 6.07 Å². The molecule has 116 valence electrons. The van der Waals surface area contributed by atoms with Crippen LogP contribution in [0.4, 0.5) is 18.9 Å². The summed E-state index contributed by atoms with van der Waals surface area (Å²) in [6.07, 6.45) is 1.02. The van der Waals surface area contributed by atoms with Crippen LogP contribution >= 0.6 is 0 Å². The van der Waals surface area contributed by atoms with Gasteiger partial charge < -0.3 is 10.1 Å². The zero-order valence-electron chi connectivity index (χ0n) is 11.6. The molecule has 1 aliphatic rings. The molecule has 0 unspecified atom stereocenters. The fraction of sp³-hybridized carbons (Fsp3) is 0.533. The summed E-state index contributed by atoms with van der Waals surface area (Å²) in [6, 6.07) is 5.57. The van der Waals surface area contributed by atoms with Crippen LogP contribution in [0.15, 0.2) is 24.3 Å². The van der Waals surface area contributed by atoms with Crippen molar-refractivity contribution in [3.8, 4) is 5.75 Å². The third kappa shape index (κ3) is 5.28. The third-order valence-electron chi connectivity index (χ3n) is 3.59. The molecule has 6 heteroatoms. The molecule has 1 N–H and O–H groups in total. The molecule has 0 aromatic heterocycles. The van der Waals surface area contributed by atoms with Gasteiger partial charge >= 0.3 is 6.36 Å². The first-order valence-corrected chi connectivity index (χ1v) is 7.08. The SMILES string of the molecule is O=C(CC1CCCCC1)Nc1ccccc1OC(F)(F)F. The summed E-state index contributed by atoms with van der Waals surface area (Å²) in [5, 5.41) is 2.52. The van der Waals surface area contributed by atoms with Gasteiger partial charge in [0.2, 0.25) is 5.91 Å². The van der Waals surface area contributed by atoms with E-state index in [2.05, 4.69) is 10.1 Å². The number of benzene rings is 1. The van der Waals surface area contributed by atoms with Gasteiger partial charge in [-0.3, -0.25) is 4.79 Å². The fourth-order valence-electron chi connectivity index (χ4n) is 2.64. The van der Waals surface area contributed by atoms with Crippen molar-refractivity contribution < 1.29 is 22.7 Å². The van der Waals surface area contributed by atoms with Crippen LogP contribution in [0.5, 0.6) is 5.75 Å². The molecule has 0 heterocycles. The summed E-state index contributed by atoms with van der Waals surface area (Å²) in [5.41, 5.74) is 0.0515. The summed E-state index contributed by atoms with van der Waals surface area (Å²) in [7, 11) is 0. The lowest BCUT2D eigenvalue weighted by atomic mass is 9.87. The molecule has 21 heavy (non-hydrogen) atoms. The number of amides is 1. The van der Waals surface area contributed by atoms with Crippen molar-refractivity contribution >= 4 is 11.6 Å². The maximum atomic E-state index is 12.3. The lowest BCUT2D eigenvalue weighted by Gasteiger charge is -2.21. The lowest BCUT2D eigenvalue weighted by molar-refractivity contribution is -0.274. The van der Waals surface area contributed by atoms with Crippen molar-refractivity contribution in [3.63, 3.8) is 0 Å². The second-order valence-corrected chi connectivity index (χ2v) is 5.30. The summed E-state index contributed by atoms with van der Waals surface area (Å²) < 4.78 is 40.8. The molecule has 1 fully saturated rings. The number of hydrogen-bond donors (Lipinski definition) is 1. The highest BCUT2D eigenvalue weighted by Crippen LogP contribution is 2.31. The third-order valence-corrected chi connectivity index (χ3v) is 3.59. The van der Waals surface area contributed by atoms with Crippen molar-refractivity contribution in [1.82, 2.24) is 0 Å². The molecular formula is C15H18F3NO2. The Morgan fingerprint density at radius 2 is 1.86 bits per heavy atom. The number of hydrogen-bond acceptors (Lipinski definition) is 2. The van der Waals surface area contributed by atoms with Crippen LogP contribution in [-0.4, -0.2) is 12.3 Å². The molecule has 2 rings (SSSR count). The Bertz CT molecular complexity index is 482. The Kier molecular flexibility index (Phi) is 5.09. The van der Waals surface area contributed by atoms with Gasteiger partial charge in [0.25, 0.3) is 0 Å². The Morgan fingerprint density at radius 1 is 1.19 bits per heavy atom. The zero-order valence-corrected chi connectivity index (χ0v) is 11.6. The maximum absolute atomic E-state index is 12.3. The second-order valence-electron chi connectivity index (χ2n) is 5.30. The van der Waals surface area contributed by atoms with Crippen molar-refractivity contribution in [2.24, 2.45) is 5.92 Å². The Balaban J connectivity index is 1.96. The quantitative estimate of drug-likeness (QED) is 0.889. The summed E-state index contributed by atoms with van der Waals surface area (Å²) in [5.74, 6) is -0.323. The fourth-order valence-corrected chi connectivity index (χ4v) is 2.64. The summed E-state index contributed by atoms with van der Waals surface area (Å²) in [4.78, 5) is 12.0. The number of halogens is 3. The number of alkyl halides is 3. The topological polar surface area (TPSA) is 38.3 Å². The first-order valence-electron chi connectivity index (χ1n) is 7.08. The van der Waals surface area contributed by atoms with Gasteiger partial charge in [0.1, 0.15) is 0 Å². The van der Waals surface area contributed by atoms with Crippen molar-refractivity contribution in [2.75, 3.05) is 5.32 Å². The highest BCUT2D eigenvalue weighted by Gasteiger charge is 2.32. The summed E-state index contributed by atoms with van der Waals surface area (Å²) >= 11 is 0. The van der Waals surface area contributed by atoms with Gasteiger partial charge in [-0.05, 0) is 30.9 Å². The molecule has 0 radical (unpaired) electrons. The van der Waals surface area contributed by atoms with Crippen LogP contribution in [0.2, 0.25) is 0 Å². The average Bonchev–Trinajstić information content (AvgIpc) is 2.40. The molecule has 3 nitrogen and oxygen atoms in total. The predicted molar refractivity (Wildman–Crippen MR) is 72.9 cm³/mol. The smallest absolute Gasteiger partial charge is 0.404 e. The van der Waals surface area contributed by atoms with Crippen LogP contribution in [-0.2, 0) is 4.79 Å². The normalized spacial score (nSPS) is 16.5. The van der Waals surface area contributed by atoms with Gasteiger partial charge in [-0.1, -0.05) is 31.4 Å². The maximum Gasteiger partial charge on any atom is 0.573 e. The number of carbonyl (C=O) groups excluding carboxylic acids is 1. The van der Waals surface area contributed by atoms with Gasteiger partial charge in [0.15, 0.2) is 5.75 Å². The van der Waals surface area contributed by atoms with E-state index >= 15 is 0 Å². The Labute approximate surface area is 121 Å². The van der Waals surface area contributed by atoms with Crippen LogP contribution < -0.4 is 10.1 Å². The molecule has 0 aliphatic heterocycles. The monoisotopic (exact) mass is 301 g/mol. The largest absolute Gasteiger partial charge is 0.573 e. The molecule has 1 aromatic rings. The van der Waals surface area contributed by atoms with Crippen molar-refractivity contribution in [3.05, 3.63) is 24.3 Å². The van der Waals surface area contributed by atoms with Gasteiger partial charge in [-0.2, -0.15) is 0 Å². The van der Waals surface area contributed by atoms with Gasteiger partial charge in [0, 0.05) is 6.42 Å². The molecular weight excluding hydrogens is 283 g/mol. The van der Waals surface area contributed by atoms with E-state index < -0.39 is 6.36 Å². The first kappa shape index (κ1) is 15.7. The molecule has 0 saturated heterocycles. The summed E-state index contributed by atoms with van der Waals surface area (Å²) in [6.45, 7) is 0. The molecule has 0 atom stereocenters. The second kappa shape index (κ2) is 6.83. The van der Waals surface area contributed by atoms with E-state index in [1.807, 2.05) is 0 Å². The molecule has 0 bridgehead atoms. The van der Waals surface area contributed by atoms with E-state index in [1.165, 1.54) is 24.6 Å². The number of para-hydroxylation sites is 2. The highest BCUT2D eigenvalue weighted by atomic mass is 19.4. The lowest BCUT2D eigenvalue weighted by Crippen LogP contribution is -2.21. The molecule has 1 amide bonds. The van der Waals surface area contributed by atoms with E-state index in [9.17, 15) is 18.0 Å².